The Bertz CT molecular complexity index is 400. The van der Waals surface area contributed by atoms with E-state index in [1.54, 1.807) is 12.1 Å². The van der Waals surface area contributed by atoms with E-state index in [2.05, 4.69) is 4.90 Å². The third-order valence-corrected chi connectivity index (χ3v) is 3.69. The minimum Gasteiger partial charge on any atom is -0.329 e. The van der Waals surface area contributed by atoms with Gasteiger partial charge in [-0.25, -0.2) is 0 Å². The Labute approximate surface area is 111 Å². The van der Waals surface area contributed by atoms with Crippen LogP contribution < -0.4 is 5.73 Å². The molecular weight excluding hydrogens is 253 g/mol. The van der Waals surface area contributed by atoms with Crippen LogP contribution in [-0.4, -0.2) is 24.0 Å². The average molecular weight is 272 g/mol. The maximum absolute atomic E-state index is 12.5. The first kappa shape index (κ1) is 14.3. The highest BCUT2D eigenvalue weighted by Gasteiger charge is 2.30. The molecule has 106 valence electrons. The molecule has 1 unspecified atom stereocenters. The molecule has 5 heteroatoms. The molecule has 1 aliphatic rings. The lowest BCUT2D eigenvalue weighted by molar-refractivity contribution is -0.137. The zero-order valence-electron chi connectivity index (χ0n) is 10.8. The van der Waals surface area contributed by atoms with Gasteiger partial charge in [0.05, 0.1) is 5.56 Å². The summed E-state index contributed by atoms with van der Waals surface area (Å²) in [6.45, 7) is 2.27. The summed E-state index contributed by atoms with van der Waals surface area (Å²) in [5.41, 5.74) is 6.06. The third-order valence-electron chi connectivity index (χ3n) is 3.69. The maximum Gasteiger partial charge on any atom is 0.416 e. The average Bonchev–Trinajstić information content (AvgIpc) is 2.39. The molecule has 0 amide bonds. The lowest BCUT2D eigenvalue weighted by atomic mass is 10.0. The standard InChI is InChI=1S/C14H19F3N2/c15-14(16,17)12-6-4-11(5-7-12)10-19-8-2-1-3-13(19)9-18/h4-7,13H,1-3,8-10,18H2. The molecule has 1 aromatic rings. The number of halogens is 3. The molecule has 1 saturated heterocycles. The third kappa shape index (κ3) is 3.70. The van der Waals surface area contributed by atoms with Crippen LogP contribution in [0.1, 0.15) is 30.4 Å². The Morgan fingerprint density at radius 1 is 1.16 bits per heavy atom. The number of nitrogens with zero attached hydrogens (tertiary/aromatic N) is 1. The van der Waals surface area contributed by atoms with E-state index in [1.165, 1.54) is 6.42 Å². The van der Waals surface area contributed by atoms with Crippen LogP contribution in [0, 0.1) is 0 Å². The molecule has 0 aliphatic carbocycles. The van der Waals surface area contributed by atoms with Crippen molar-refractivity contribution in [2.45, 2.75) is 38.0 Å². The van der Waals surface area contributed by atoms with Crippen molar-refractivity contribution in [2.24, 2.45) is 5.73 Å². The zero-order valence-corrected chi connectivity index (χ0v) is 10.8. The molecule has 1 atom stereocenters. The van der Waals surface area contributed by atoms with E-state index in [0.29, 0.717) is 19.1 Å². The molecule has 0 aromatic heterocycles. The summed E-state index contributed by atoms with van der Waals surface area (Å²) in [7, 11) is 0. The van der Waals surface area contributed by atoms with Gasteiger partial charge in [0.25, 0.3) is 0 Å². The predicted octanol–water partition coefficient (Wildman–Crippen LogP) is 3.02. The van der Waals surface area contributed by atoms with Crippen LogP contribution in [0.5, 0.6) is 0 Å². The summed E-state index contributed by atoms with van der Waals surface area (Å²) in [5.74, 6) is 0. The Hall–Kier alpha value is -1.07. The number of benzene rings is 1. The number of hydrogen-bond acceptors (Lipinski definition) is 2. The van der Waals surface area contributed by atoms with Gasteiger partial charge < -0.3 is 5.73 Å². The van der Waals surface area contributed by atoms with Gasteiger partial charge in [-0.15, -0.1) is 0 Å². The van der Waals surface area contributed by atoms with Gasteiger partial charge in [0, 0.05) is 19.1 Å². The van der Waals surface area contributed by atoms with Crippen LogP contribution in [0.15, 0.2) is 24.3 Å². The number of alkyl halides is 3. The highest BCUT2D eigenvalue weighted by Crippen LogP contribution is 2.29. The van der Waals surface area contributed by atoms with Crippen molar-refractivity contribution in [2.75, 3.05) is 13.1 Å². The number of rotatable bonds is 3. The fourth-order valence-electron chi connectivity index (χ4n) is 2.57. The monoisotopic (exact) mass is 272 g/mol. The predicted molar refractivity (Wildman–Crippen MR) is 68.5 cm³/mol. The number of hydrogen-bond donors (Lipinski definition) is 1. The van der Waals surface area contributed by atoms with Gasteiger partial charge in [0.15, 0.2) is 0 Å². The van der Waals surface area contributed by atoms with Crippen LogP contribution >= 0.6 is 0 Å². The SMILES string of the molecule is NCC1CCCCN1Cc1ccc(C(F)(F)F)cc1. The largest absolute Gasteiger partial charge is 0.416 e. The van der Waals surface area contributed by atoms with E-state index in [0.717, 1.165) is 37.1 Å². The van der Waals surface area contributed by atoms with Crippen molar-refractivity contribution >= 4 is 0 Å². The van der Waals surface area contributed by atoms with E-state index < -0.39 is 11.7 Å². The number of nitrogens with two attached hydrogens (primary N) is 1. The molecule has 1 fully saturated rings. The second-order valence-electron chi connectivity index (χ2n) is 5.05. The normalized spacial score (nSPS) is 21.6. The van der Waals surface area contributed by atoms with E-state index in [-0.39, 0.29) is 0 Å². The lowest BCUT2D eigenvalue weighted by Crippen LogP contribution is -2.43. The van der Waals surface area contributed by atoms with Gasteiger partial charge in [-0.2, -0.15) is 13.2 Å². The first-order valence-electron chi connectivity index (χ1n) is 6.61. The van der Waals surface area contributed by atoms with E-state index in [4.69, 9.17) is 5.73 Å². The highest BCUT2D eigenvalue weighted by atomic mass is 19.4. The molecule has 0 saturated carbocycles. The van der Waals surface area contributed by atoms with Crippen LogP contribution in [0.25, 0.3) is 0 Å². The summed E-state index contributed by atoms with van der Waals surface area (Å²) in [5, 5.41) is 0. The topological polar surface area (TPSA) is 29.3 Å². The van der Waals surface area contributed by atoms with Crippen molar-refractivity contribution < 1.29 is 13.2 Å². The summed E-state index contributed by atoms with van der Waals surface area (Å²) in [6.07, 6.45) is -0.858. The molecule has 19 heavy (non-hydrogen) atoms. The molecule has 0 radical (unpaired) electrons. The van der Waals surface area contributed by atoms with Gasteiger partial charge in [-0.3, -0.25) is 4.90 Å². The minimum atomic E-state index is -4.26. The molecule has 2 nitrogen and oxygen atoms in total. The lowest BCUT2D eigenvalue weighted by Gasteiger charge is -2.35. The maximum atomic E-state index is 12.5. The summed E-state index contributed by atoms with van der Waals surface area (Å²) < 4.78 is 37.4. The number of piperidine rings is 1. The van der Waals surface area contributed by atoms with Gasteiger partial charge in [-0.05, 0) is 37.1 Å². The van der Waals surface area contributed by atoms with Gasteiger partial charge >= 0.3 is 6.18 Å². The summed E-state index contributed by atoms with van der Waals surface area (Å²) in [4.78, 5) is 2.27. The van der Waals surface area contributed by atoms with E-state index in [1.807, 2.05) is 0 Å². The van der Waals surface area contributed by atoms with Crippen LogP contribution in [0.4, 0.5) is 13.2 Å². The molecule has 0 bridgehead atoms. The fourth-order valence-corrected chi connectivity index (χ4v) is 2.57. The molecule has 1 aliphatic heterocycles. The van der Waals surface area contributed by atoms with E-state index in [9.17, 15) is 13.2 Å². The molecule has 1 aromatic carbocycles. The van der Waals surface area contributed by atoms with Gasteiger partial charge in [0.2, 0.25) is 0 Å². The van der Waals surface area contributed by atoms with Crippen molar-refractivity contribution in [3.05, 3.63) is 35.4 Å². The Balaban J connectivity index is 2.02. The molecule has 1 heterocycles. The van der Waals surface area contributed by atoms with Crippen LogP contribution in [-0.2, 0) is 12.7 Å². The van der Waals surface area contributed by atoms with Crippen molar-refractivity contribution in [1.29, 1.82) is 0 Å². The summed E-state index contributed by atoms with van der Waals surface area (Å²) in [6, 6.07) is 5.78. The van der Waals surface area contributed by atoms with Crippen LogP contribution in [0.3, 0.4) is 0 Å². The number of likely N-dealkylation sites (tertiary alicyclic amines) is 1. The Kier molecular flexibility index (Phi) is 4.47. The van der Waals surface area contributed by atoms with Gasteiger partial charge in [-0.1, -0.05) is 18.6 Å². The van der Waals surface area contributed by atoms with Crippen LogP contribution in [0.2, 0.25) is 0 Å². The van der Waals surface area contributed by atoms with Crippen molar-refractivity contribution in [3.63, 3.8) is 0 Å². The smallest absolute Gasteiger partial charge is 0.329 e. The van der Waals surface area contributed by atoms with Crippen molar-refractivity contribution in [3.8, 4) is 0 Å². The quantitative estimate of drug-likeness (QED) is 0.916. The molecule has 2 rings (SSSR count). The molecule has 2 N–H and O–H groups in total. The second-order valence-corrected chi connectivity index (χ2v) is 5.05. The van der Waals surface area contributed by atoms with E-state index >= 15 is 0 Å². The van der Waals surface area contributed by atoms with Gasteiger partial charge in [0.1, 0.15) is 0 Å². The zero-order chi connectivity index (χ0) is 13.9. The van der Waals surface area contributed by atoms with Crippen molar-refractivity contribution in [1.82, 2.24) is 4.90 Å². The molecule has 0 spiro atoms. The highest BCUT2D eigenvalue weighted by molar-refractivity contribution is 5.24. The first-order chi connectivity index (χ1) is 9.00. The first-order valence-corrected chi connectivity index (χ1v) is 6.61. The molecular formula is C14H19F3N2. The minimum absolute atomic E-state index is 0.357. The summed E-state index contributed by atoms with van der Waals surface area (Å²) >= 11 is 0. The fraction of sp³-hybridized carbons (Fsp3) is 0.571. The second kappa shape index (κ2) is 5.92. The Morgan fingerprint density at radius 3 is 2.42 bits per heavy atom. The Morgan fingerprint density at radius 2 is 1.84 bits per heavy atom.